The number of nitrogens with zero attached hydrogens (tertiary/aromatic N) is 2. The van der Waals surface area contributed by atoms with Crippen molar-refractivity contribution >= 4 is 11.8 Å². The van der Waals surface area contributed by atoms with Gasteiger partial charge in [-0.05, 0) is 42.7 Å². The minimum Gasteiger partial charge on any atom is -0.507 e. The van der Waals surface area contributed by atoms with Crippen LogP contribution in [-0.2, 0) is 22.2 Å². The number of rotatable bonds is 5. The summed E-state index contributed by atoms with van der Waals surface area (Å²) >= 11 is 0. The van der Waals surface area contributed by atoms with E-state index in [1.165, 1.54) is 0 Å². The number of nitrogens with one attached hydrogen (secondary N) is 2. The van der Waals surface area contributed by atoms with Crippen LogP contribution in [0.2, 0.25) is 0 Å². The molecule has 3 rings (SSSR count). The number of benzene rings is 1. The number of carbonyl (C=O) groups is 2. The Bertz CT molecular complexity index is 992. The van der Waals surface area contributed by atoms with E-state index in [9.17, 15) is 14.7 Å². The van der Waals surface area contributed by atoms with Gasteiger partial charge in [-0.15, -0.1) is 0 Å². The van der Waals surface area contributed by atoms with Crippen LogP contribution in [0.4, 0.5) is 0 Å². The number of phenols is 1. The van der Waals surface area contributed by atoms with E-state index in [1.54, 1.807) is 24.5 Å². The van der Waals surface area contributed by atoms with Gasteiger partial charge in [-0.3, -0.25) is 19.6 Å². The first-order chi connectivity index (χ1) is 14.7. The first-order valence-corrected chi connectivity index (χ1v) is 11.0. The monoisotopic (exact) mass is 438 g/mol. The van der Waals surface area contributed by atoms with Crippen molar-refractivity contribution in [2.45, 2.75) is 84.2 Å². The van der Waals surface area contributed by atoms with E-state index in [4.69, 9.17) is 0 Å². The summed E-state index contributed by atoms with van der Waals surface area (Å²) in [5, 5.41) is 16.7. The molecular formula is C25H34N4O3. The maximum atomic E-state index is 13.2. The van der Waals surface area contributed by atoms with Crippen LogP contribution in [0.25, 0.3) is 0 Å². The summed E-state index contributed by atoms with van der Waals surface area (Å²) < 4.78 is 0. The molecule has 3 N–H and O–H groups in total. The van der Waals surface area contributed by atoms with E-state index in [-0.39, 0.29) is 34.9 Å². The Kier molecular flexibility index (Phi) is 6.06. The largest absolute Gasteiger partial charge is 0.507 e. The first-order valence-electron chi connectivity index (χ1n) is 11.0. The Hall–Kier alpha value is -2.96. The zero-order chi connectivity index (χ0) is 23.9. The van der Waals surface area contributed by atoms with Crippen molar-refractivity contribution in [1.82, 2.24) is 20.6 Å². The molecule has 0 aliphatic heterocycles. The van der Waals surface area contributed by atoms with Crippen molar-refractivity contribution < 1.29 is 14.7 Å². The Morgan fingerprint density at radius 1 is 1.00 bits per heavy atom. The number of carbonyl (C=O) groups excluding carboxylic acids is 2. The van der Waals surface area contributed by atoms with E-state index in [1.807, 2.05) is 48.5 Å². The van der Waals surface area contributed by atoms with E-state index >= 15 is 0 Å². The predicted molar refractivity (Wildman–Crippen MR) is 124 cm³/mol. The Balaban J connectivity index is 1.80. The van der Waals surface area contributed by atoms with Gasteiger partial charge in [0, 0.05) is 22.9 Å². The summed E-state index contributed by atoms with van der Waals surface area (Å²) in [5.41, 5.74) is 1.74. The van der Waals surface area contributed by atoms with Gasteiger partial charge < -0.3 is 15.7 Å². The van der Waals surface area contributed by atoms with E-state index in [0.29, 0.717) is 35.2 Å². The molecule has 7 nitrogen and oxygen atoms in total. The molecular weight excluding hydrogens is 404 g/mol. The highest BCUT2D eigenvalue weighted by atomic mass is 16.3. The second-order valence-corrected chi connectivity index (χ2v) is 10.8. The lowest BCUT2D eigenvalue weighted by molar-refractivity contribution is -0.124. The van der Waals surface area contributed by atoms with Gasteiger partial charge >= 0.3 is 0 Å². The molecule has 1 saturated carbocycles. The van der Waals surface area contributed by atoms with Gasteiger partial charge in [0.15, 0.2) is 0 Å². The average Bonchev–Trinajstić information content (AvgIpc) is 3.46. The lowest BCUT2D eigenvalue weighted by Gasteiger charge is -2.28. The van der Waals surface area contributed by atoms with Gasteiger partial charge in [-0.1, -0.05) is 41.5 Å². The summed E-state index contributed by atoms with van der Waals surface area (Å²) in [6.45, 7) is 14.1. The van der Waals surface area contributed by atoms with Crippen molar-refractivity contribution in [3.8, 4) is 5.75 Å². The van der Waals surface area contributed by atoms with Gasteiger partial charge in [-0.25, -0.2) is 0 Å². The Morgan fingerprint density at radius 2 is 1.56 bits per heavy atom. The number of aromatic hydroxyl groups is 1. The number of hydrogen-bond donors (Lipinski definition) is 3. The topological polar surface area (TPSA) is 104 Å². The molecule has 1 heterocycles. The fourth-order valence-corrected chi connectivity index (χ4v) is 3.58. The molecule has 0 bridgehead atoms. The average molecular weight is 439 g/mol. The van der Waals surface area contributed by atoms with Crippen molar-refractivity contribution in [2.75, 3.05) is 0 Å². The van der Waals surface area contributed by atoms with Crippen LogP contribution in [0.1, 0.15) is 87.3 Å². The van der Waals surface area contributed by atoms with E-state index in [0.717, 1.165) is 5.69 Å². The molecule has 7 heteroatoms. The predicted octanol–water partition coefficient (Wildman–Crippen LogP) is 3.66. The van der Waals surface area contributed by atoms with Crippen LogP contribution in [-0.4, -0.2) is 32.4 Å². The summed E-state index contributed by atoms with van der Waals surface area (Å²) in [5.74, 6) is -0.317. The Morgan fingerprint density at radius 3 is 2.00 bits per heavy atom. The molecule has 0 saturated heterocycles. The number of phenolic OH excluding ortho intramolecular Hbond substituents is 1. The van der Waals surface area contributed by atoms with E-state index < -0.39 is 5.54 Å². The smallest absolute Gasteiger partial charge is 0.252 e. The lowest BCUT2D eigenvalue weighted by Crippen LogP contribution is -2.49. The Labute approximate surface area is 190 Å². The highest BCUT2D eigenvalue weighted by Gasteiger charge is 2.51. The van der Waals surface area contributed by atoms with Gasteiger partial charge in [0.2, 0.25) is 5.91 Å². The van der Waals surface area contributed by atoms with Gasteiger partial charge in [0.25, 0.3) is 5.91 Å². The molecule has 1 aliphatic rings. The highest BCUT2D eigenvalue weighted by Crippen LogP contribution is 2.40. The second kappa shape index (κ2) is 8.19. The van der Waals surface area contributed by atoms with Gasteiger partial charge in [0.05, 0.1) is 24.1 Å². The van der Waals surface area contributed by atoms with Crippen molar-refractivity contribution in [3.05, 3.63) is 52.6 Å². The number of aryl methyl sites for hydroxylation is 1. The maximum absolute atomic E-state index is 13.2. The summed E-state index contributed by atoms with van der Waals surface area (Å²) in [6, 6.07) is 3.46. The second-order valence-electron chi connectivity index (χ2n) is 10.8. The first kappa shape index (κ1) is 23.7. The minimum absolute atomic E-state index is 0.222. The summed E-state index contributed by atoms with van der Waals surface area (Å²) in [6.07, 6.45) is 4.45. The zero-order valence-corrected chi connectivity index (χ0v) is 20.1. The molecule has 0 spiro atoms. The third-order valence-electron chi connectivity index (χ3n) is 5.79. The third-order valence-corrected chi connectivity index (χ3v) is 5.79. The molecule has 2 aromatic rings. The molecule has 1 aromatic heterocycles. The van der Waals surface area contributed by atoms with E-state index in [2.05, 4.69) is 20.6 Å². The van der Waals surface area contributed by atoms with Crippen molar-refractivity contribution in [1.29, 1.82) is 0 Å². The fourth-order valence-electron chi connectivity index (χ4n) is 3.58. The fraction of sp³-hybridized carbons (Fsp3) is 0.520. The molecule has 32 heavy (non-hydrogen) atoms. The molecule has 2 amide bonds. The van der Waals surface area contributed by atoms with Crippen LogP contribution in [0.15, 0.2) is 24.5 Å². The highest BCUT2D eigenvalue weighted by molar-refractivity contribution is 6.01. The van der Waals surface area contributed by atoms with Crippen LogP contribution < -0.4 is 10.6 Å². The molecule has 0 unspecified atom stereocenters. The number of aromatic nitrogens is 2. The molecule has 0 radical (unpaired) electrons. The van der Waals surface area contributed by atoms with Crippen molar-refractivity contribution in [3.63, 3.8) is 0 Å². The lowest BCUT2D eigenvalue weighted by atomic mass is 9.78. The van der Waals surface area contributed by atoms with Crippen LogP contribution in [0.3, 0.4) is 0 Å². The minimum atomic E-state index is -0.906. The van der Waals surface area contributed by atoms with Gasteiger partial charge in [-0.2, -0.15) is 0 Å². The normalized spacial score (nSPS) is 15.2. The molecule has 172 valence electrons. The number of hydrogen-bond acceptors (Lipinski definition) is 5. The third kappa shape index (κ3) is 5.09. The molecule has 1 fully saturated rings. The summed E-state index contributed by atoms with van der Waals surface area (Å²) in [4.78, 5) is 34.4. The van der Waals surface area contributed by atoms with Crippen molar-refractivity contribution in [2.24, 2.45) is 0 Å². The zero-order valence-electron chi connectivity index (χ0n) is 20.1. The van der Waals surface area contributed by atoms with Crippen LogP contribution in [0.5, 0.6) is 5.75 Å². The quantitative estimate of drug-likeness (QED) is 0.661. The van der Waals surface area contributed by atoms with Gasteiger partial charge in [0.1, 0.15) is 11.3 Å². The number of amides is 2. The van der Waals surface area contributed by atoms with Crippen LogP contribution in [0, 0.1) is 6.92 Å². The molecule has 1 aromatic carbocycles. The maximum Gasteiger partial charge on any atom is 0.252 e. The summed E-state index contributed by atoms with van der Waals surface area (Å²) in [7, 11) is 0. The van der Waals surface area contributed by atoms with Crippen LogP contribution >= 0.6 is 0 Å². The molecule has 0 atom stereocenters. The molecule has 1 aliphatic carbocycles. The SMILES string of the molecule is Cc1cnc(CNC(=O)C2(NC(=O)c3cc(C(C)(C)C)c(O)c(C(C)(C)C)c3)CC2)cn1. The standard InChI is InChI=1S/C25H34N4O3/c1-15-12-27-17(13-26-15)14-28-22(32)25(8-9-25)29-21(31)16-10-18(23(2,3)4)20(30)19(11-16)24(5,6)7/h10-13,30H,8-9,14H2,1-7H3,(H,28,32)(H,29,31).